The molecule has 1 saturated heterocycles. The fourth-order valence-corrected chi connectivity index (χ4v) is 1.67. The number of aldehydes is 1. The largest absolute Gasteiger partial charge is 0.465 e. The highest BCUT2D eigenvalue weighted by molar-refractivity contribution is 5.80. The zero-order valence-electron chi connectivity index (χ0n) is 8.23. The number of carbonyl (C=O) groups excluding carboxylic acids is 2. The van der Waals surface area contributed by atoms with Crippen LogP contribution in [0, 0.1) is 5.92 Å². The molecule has 0 aromatic rings. The third kappa shape index (κ3) is 3.57. The van der Waals surface area contributed by atoms with Gasteiger partial charge in [-0.25, -0.2) is 4.79 Å². The molecule has 0 aromatic heterocycles. The smallest absolute Gasteiger partial charge is 0.405 e. The molecular weight excluding hydrogens is 200 g/mol. The molecule has 0 bridgehead atoms. The van der Waals surface area contributed by atoms with E-state index in [0.29, 0.717) is 19.3 Å². The molecule has 1 aliphatic heterocycles. The van der Waals surface area contributed by atoms with Crippen molar-refractivity contribution in [1.29, 1.82) is 0 Å². The highest BCUT2D eigenvalue weighted by Gasteiger charge is 2.25. The lowest BCUT2D eigenvalue weighted by molar-refractivity contribution is -0.127. The molecule has 0 radical (unpaired) electrons. The molecule has 0 saturated carbocycles. The van der Waals surface area contributed by atoms with Crippen molar-refractivity contribution in [3.05, 3.63) is 0 Å². The Kier molecular flexibility index (Phi) is 4.08. The fourth-order valence-electron chi connectivity index (χ4n) is 1.67. The standard InChI is InChI=1S/C9H14N2O4/c12-5-7(11-9(14)15)4-6-2-1-3-10-8(6)13/h5-7,11H,1-4H2,(H,10,13)(H,14,15)/t6-,7-/m0/s1. The van der Waals surface area contributed by atoms with Crippen molar-refractivity contribution >= 4 is 18.3 Å². The zero-order valence-corrected chi connectivity index (χ0v) is 8.23. The number of rotatable bonds is 4. The van der Waals surface area contributed by atoms with E-state index in [1.807, 2.05) is 0 Å². The van der Waals surface area contributed by atoms with Crippen LogP contribution in [0.15, 0.2) is 0 Å². The van der Waals surface area contributed by atoms with E-state index in [2.05, 4.69) is 10.6 Å². The molecule has 0 aromatic carbocycles. The molecule has 1 fully saturated rings. The first-order chi connectivity index (χ1) is 7.13. The van der Waals surface area contributed by atoms with Gasteiger partial charge in [0.1, 0.15) is 6.29 Å². The van der Waals surface area contributed by atoms with Crippen LogP contribution in [-0.2, 0) is 9.59 Å². The van der Waals surface area contributed by atoms with Gasteiger partial charge in [-0.15, -0.1) is 0 Å². The minimum Gasteiger partial charge on any atom is -0.465 e. The molecule has 2 amide bonds. The highest BCUT2D eigenvalue weighted by atomic mass is 16.4. The molecular formula is C9H14N2O4. The third-order valence-electron chi connectivity index (χ3n) is 2.41. The summed E-state index contributed by atoms with van der Waals surface area (Å²) < 4.78 is 0. The van der Waals surface area contributed by atoms with Gasteiger partial charge >= 0.3 is 6.09 Å². The number of amides is 2. The van der Waals surface area contributed by atoms with Gasteiger partial charge in [-0.2, -0.15) is 0 Å². The zero-order chi connectivity index (χ0) is 11.3. The van der Waals surface area contributed by atoms with Crippen molar-refractivity contribution in [3.63, 3.8) is 0 Å². The molecule has 3 N–H and O–H groups in total. The average Bonchev–Trinajstić information content (AvgIpc) is 2.19. The number of piperidine rings is 1. The van der Waals surface area contributed by atoms with Crippen molar-refractivity contribution in [2.75, 3.05) is 6.54 Å². The monoisotopic (exact) mass is 214 g/mol. The normalized spacial score (nSPS) is 22.7. The van der Waals surface area contributed by atoms with Gasteiger partial charge in [0.2, 0.25) is 5.91 Å². The van der Waals surface area contributed by atoms with E-state index in [-0.39, 0.29) is 18.2 Å². The number of carbonyl (C=O) groups is 3. The number of carboxylic acid groups (broad SMARTS) is 1. The van der Waals surface area contributed by atoms with Crippen LogP contribution in [0.3, 0.4) is 0 Å². The molecule has 2 atom stereocenters. The molecule has 1 aliphatic rings. The Morgan fingerprint density at radius 3 is 3.00 bits per heavy atom. The van der Waals surface area contributed by atoms with Crippen molar-refractivity contribution in [3.8, 4) is 0 Å². The summed E-state index contributed by atoms with van der Waals surface area (Å²) in [6, 6.07) is -0.795. The Balaban J connectivity index is 2.45. The number of hydrogen-bond donors (Lipinski definition) is 3. The summed E-state index contributed by atoms with van der Waals surface area (Å²) in [6.07, 6.45) is 1.09. The molecule has 6 heteroatoms. The maximum Gasteiger partial charge on any atom is 0.405 e. The minimum atomic E-state index is -1.25. The van der Waals surface area contributed by atoms with Gasteiger partial charge in [0.25, 0.3) is 0 Å². The predicted octanol–water partition coefficient (Wildman–Crippen LogP) is -0.262. The van der Waals surface area contributed by atoms with Gasteiger partial charge in [0, 0.05) is 12.5 Å². The van der Waals surface area contributed by atoms with Crippen LogP contribution in [-0.4, -0.2) is 36.0 Å². The maximum absolute atomic E-state index is 11.3. The van der Waals surface area contributed by atoms with Crippen molar-refractivity contribution in [2.24, 2.45) is 5.92 Å². The van der Waals surface area contributed by atoms with Crippen LogP contribution in [0.2, 0.25) is 0 Å². The van der Waals surface area contributed by atoms with E-state index in [1.54, 1.807) is 0 Å². The number of hydrogen-bond acceptors (Lipinski definition) is 3. The van der Waals surface area contributed by atoms with Gasteiger partial charge in [0.05, 0.1) is 6.04 Å². The lowest BCUT2D eigenvalue weighted by atomic mass is 9.92. The summed E-state index contributed by atoms with van der Waals surface area (Å²) in [6.45, 7) is 0.660. The van der Waals surface area contributed by atoms with Crippen molar-refractivity contribution in [2.45, 2.75) is 25.3 Å². The first-order valence-corrected chi connectivity index (χ1v) is 4.86. The van der Waals surface area contributed by atoms with Crippen LogP contribution in [0.5, 0.6) is 0 Å². The van der Waals surface area contributed by atoms with Crippen LogP contribution in [0.4, 0.5) is 4.79 Å². The van der Waals surface area contributed by atoms with E-state index in [1.165, 1.54) is 0 Å². The Morgan fingerprint density at radius 1 is 1.73 bits per heavy atom. The molecule has 0 spiro atoms. The van der Waals surface area contributed by atoms with Crippen molar-refractivity contribution in [1.82, 2.24) is 10.6 Å². The van der Waals surface area contributed by atoms with Gasteiger partial charge in [-0.1, -0.05) is 0 Å². The Labute approximate surface area is 87.0 Å². The molecule has 1 rings (SSSR count). The molecule has 84 valence electrons. The highest BCUT2D eigenvalue weighted by Crippen LogP contribution is 2.16. The lowest BCUT2D eigenvalue weighted by Gasteiger charge is -2.23. The van der Waals surface area contributed by atoms with Crippen LogP contribution < -0.4 is 10.6 Å². The second-order valence-corrected chi connectivity index (χ2v) is 3.56. The maximum atomic E-state index is 11.3. The van der Waals surface area contributed by atoms with Gasteiger partial charge in [-0.3, -0.25) is 4.79 Å². The summed E-state index contributed by atoms with van der Waals surface area (Å²) in [5, 5.41) is 13.2. The molecule has 6 nitrogen and oxygen atoms in total. The minimum absolute atomic E-state index is 0.0970. The summed E-state index contributed by atoms with van der Waals surface area (Å²) >= 11 is 0. The summed E-state index contributed by atoms with van der Waals surface area (Å²) in [5.41, 5.74) is 0. The van der Waals surface area contributed by atoms with E-state index >= 15 is 0 Å². The van der Waals surface area contributed by atoms with Crippen LogP contribution in [0.1, 0.15) is 19.3 Å². The first-order valence-electron chi connectivity index (χ1n) is 4.86. The van der Waals surface area contributed by atoms with E-state index in [0.717, 1.165) is 6.42 Å². The van der Waals surface area contributed by atoms with Crippen LogP contribution in [0.25, 0.3) is 0 Å². The second-order valence-electron chi connectivity index (χ2n) is 3.56. The second kappa shape index (κ2) is 5.33. The molecule has 0 aliphatic carbocycles. The van der Waals surface area contributed by atoms with Gasteiger partial charge in [-0.05, 0) is 19.3 Å². The van der Waals surface area contributed by atoms with E-state index < -0.39 is 12.1 Å². The SMILES string of the molecule is O=C[C@H](C[C@@H]1CCCNC1=O)NC(=O)O. The van der Waals surface area contributed by atoms with E-state index in [9.17, 15) is 14.4 Å². The topological polar surface area (TPSA) is 95.5 Å². The molecule has 0 unspecified atom stereocenters. The lowest BCUT2D eigenvalue weighted by Crippen LogP contribution is -2.42. The quantitative estimate of drug-likeness (QED) is 0.562. The summed E-state index contributed by atoms with van der Waals surface area (Å²) in [5.74, 6) is -0.360. The van der Waals surface area contributed by atoms with E-state index in [4.69, 9.17) is 5.11 Å². The Hall–Kier alpha value is -1.59. The first kappa shape index (κ1) is 11.5. The summed E-state index contributed by atoms with van der Waals surface area (Å²) in [7, 11) is 0. The van der Waals surface area contributed by atoms with Crippen LogP contribution >= 0.6 is 0 Å². The number of nitrogens with one attached hydrogen (secondary N) is 2. The molecule has 1 heterocycles. The fraction of sp³-hybridized carbons (Fsp3) is 0.667. The average molecular weight is 214 g/mol. The van der Waals surface area contributed by atoms with Gasteiger partial charge in [0.15, 0.2) is 0 Å². The van der Waals surface area contributed by atoms with Gasteiger partial charge < -0.3 is 20.5 Å². The molecule has 15 heavy (non-hydrogen) atoms. The Bertz CT molecular complexity index is 267. The summed E-state index contributed by atoms with van der Waals surface area (Å²) in [4.78, 5) is 32.2. The predicted molar refractivity (Wildman–Crippen MR) is 51.4 cm³/mol. The van der Waals surface area contributed by atoms with Crippen molar-refractivity contribution < 1.29 is 19.5 Å². The third-order valence-corrected chi connectivity index (χ3v) is 2.41. The Morgan fingerprint density at radius 2 is 2.47 bits per heavy atom.